The Morgan fingerprint density at radius 1 is 0.272 bits per heavy atom. The van der Waals surface area contributed by atoms with Crippen LogP contribution in [0.3, 0.4) is 0 Å². The molecule has 81 heavy (non-hydrogen) atoms. The summed E-state index contributed by atoms with van der Waals surface area (Å²) < 4.78 is 34.0. The zero-order valence-corrected chi connectivity index (χ0v) is 51.6. The fraction of sp³-hybridized carbons (Fsp3) is 0.789. The van der Waals surface area contributed by atoms with Gasteiger partial charge in [-0.2, -0.15) is 0 Å². The molecule has 24 nitrogen and oxygen atoms in total. The minimum Gasteiger partial charge on any atom is -0.451 e. The number of cyclic esters (lactones) is 6. The molecule has 0 spiro atoms. The van der Waals surface area contributed by atoms with E-state index in [4.69, 9.17) is 28.4 Å². The number of esters is 6. The molecule has 6 amide bonds. The third-order valence-corrected chi connectivity index (χ3v) is 14.3. The predicted molar refractivity (Wildman–Crippen MR) is 295 cm³/mol. The number of nitrogens with one attached hydrogen (secondary N) is 6. The van der Waals surface area contributed by atoms with Crippen molar-refractivity contribution in [3.63, 3.8) is 0 Å². The first-order valence-electron chi connectivity index (χ1n) is 28.5. The smallest absolute Gasteiger partial charge is 0.329 e. The van der Waals surface area contributed by atoms with Crippen LogP contribution in [0.1, 0.15) is 165 Å². The zero-order valence-electron chi connectivity index (χ0n) is 51.6. The second-order valence-corrected chi connectivity index (χ2v) is 23.3. The second kappa shape index (κ2) is 33.5. The third-order valence-electron chi connectivity index (χ3n) is 14.3. The lowest BCUT2D eigenvalue weighted by Gasteiger charge is -2.31. The van der Waals surface area contributed by atoms with E-state index in [1.807, 2.05) is 0 Å². The van der Waals surface area contributed by atoms with Gasteiger partial charge in [-0.3, -0.25) is 28.8 Å². The van der Waals surface area contributed by atoms with Crippen molar-refractivity contribution in [2.45, 2.75) is 238 Å². The van der Waals surface area contributed by atoms with Gasteiger partial charge in [0, 0.05) is 17.8 Å². The van der Waals surface area contributed by atoms with E-state index < -0.39 is 197 Å². The number of carbonyl (C=O) groups is 12. The van der Waals surface area contributed by atoms with E-state index in [0.29, 0.717) is 19.3 Å². The Labute approximate surface area is 478 Å². The number of carbonyl (C=O) groups excluding carboxylic acids is 12. The van der Waals surface area contributed by atoms with Crippen molar-refractivity contribution >= 4 is 71.3 Å². The first-order valence-corrected chi connectivity index (χ1v) is 28.5. The van der Waals surface area contributed by atoms with Crippen molar-refractivity contribution in [3.8, 4) is 0 Å². The normalized spacial score (nSPS) is 29.2. The summed E-state index contributed by atoms with van der Waals surface area (Å²) in [5.41, 5.74) is 0. The van der Waals surface area contributed by atoms with E-state index in [0.717, 1.165) is 0 Å². The van der Waals surface area contributed by atoms with Crippen LogP contribution in [0.2, 0.25) is 0 Å². The predicted octanol–water partition coefficient (Wildman–Crippen LogP) is 3.51. The Balaban J connectivity index is 3.96. The van der Waals surface area contributed by atoms with Gasteiger partial charge in [0.15, 0.2) is 36.6 Å². The quantitative estimate of drug-likeness (QED) is 0.120. The van der Waals surface area contributed by atoms with Gasteiger partial charge in [-0.15, -0.1) is 0 Å². The van der Waals surface area contributed by atoms with Gasteiger partial charge in [0.2, 0.25) is 0 Å². The van der Waals surface area contributed by atoms with Crippen molar-refractivity contribution in [2.75, 3.05) is 0 Å². The first kappa shape index (κ1) is 72.7. The molecule has 24 heteroatoms. The minimum absolute atomic E-state index is 0.310. The van der Waals surface area contributed by atoms with Crippen LogP contribution in [0, 0.1) is 53.3 Å². The van der Waals surface area contributed by atoms with Gasteiger partial charge in [-0.05, 0) is 75.5 Å². The first-order chi connectivity index (χ1) is 37.5. The number of ether oxygens (including phenoxy) is 6. The highest BCUT2D eigenvalue weighted by atomic mass is 16.6. The Morgan fingerprint density at radius 3 is 0.568 bits per heavy atom. The lowest BCUT2D eigenvalue weighted by molar-refractivity contribution is -0.167. The maximum Gasteiger partial charge on any atom is 0.329 e. The second-order valence-electron chi connectivity index (χ2n) is 23.3. The molecule has 1 saturated heterocycles. The van der Waals surface area contributed by atoms with Gasteiger partial charge in [-0.1, -0.05) is 125 Å². The van der Waals surface area contributed by atoms with E-state index in [2.05, 4.69) is 31.9 Å². The minimum atomic E-state index is -1.56. The summed E-state index contributed by atoms with van der Waals surface area (Å²) in [6.45, 7) is 33.0. The van der Waals surface area contributed by atoms with E-state index in [9.17, 15) is 57.5 Å². The van der Waals surface area contributed by atoms with Gasteiger partial charge in [0.1, 0.15) is 36.3 Å². The van der Waals surface area contributed by atoms with E-state index in [1.165, 1.54) is 20.8 Å². The number of hydrogen-bond acceptors (Lipinski definition) is 18. The third kappa shape index (κ3) is 21.8. The molecule has 0 aromatic rings. The molecule has 0 saturated carbocycles. The summed E-state index contributed by atoms with van der Waals surface area (Å²) in [5, 5.41) is 15.3. The summed E-state index contributed by atoms with van der Waals surface area (Å²) >= 11 is 0. The summed E-state index contributed by atoms with van der Waals surface area (Å²) in [6, 6.07) is -8.38. The fourth-order valence-electron chi connectivity index (χ4n) is 7.93. The summed E-state index contributed by atoms with van der Waals surface area (Å²) in [6.07, 6.45) is -8.28. The highest BCUT2D eigenvalue weighted by Crippen LogP contribution is 2.21. The Hall–Kier alpha value is -6.36. The number of rotatable bonds is 12. The molecule has 0 aromatic carbocycles. The molecular formula is C57H96N6O18. The van der Waals surface area contributed by atoms with Gasteiger partial charge in [0.25, 0.3) is 35.4 Å². The van der Waals surface area contributed by atoms with Crippen molar-refractivity contribution in [3.05, 3.63) is 0 Å². The molecule has 15 atom stereocenters. The molecule has 0 aromatic heterocycles. The van der Waals surface area contributed by atoms with Crippen molar-refractivity contribution in [1.82, 2.24) is 31.9 Å². The zero-order chi connectivity index (χ0) is 62.7. The van der Waals surface area contributed by atoms with E-state index >= 15 is 0 Å². The van der Waals surface area contributed by atoms with Crippen molar-refractivity contribution in [1.29, 1.82) is 0 Å². The summed E-state index contributed by atoms with van der Waals surface area (Å²) in [4.78, 5) is 166. The van der Waals surface area contributed by atoms with Crippen LogP contribution < -0.4 is 31.9 Å². The van der Waals surface area contributed by atoms with Crippen molar-refractivity contribution < 1.29 is 86.0 Å². The van der Waals surface area contributed by atoms with Crippen LogP contribution >= 0.6 is 0 Å². The highest BCUT2D eigenvalue weighted by molar-refractivity contribution is 5.96. The molecular weight excluding hydrogens is 1060 g/mol. The average Bonchev–Trinajstić information content (AvgIpc) is 3.38. The van der Waals surface area contributed by atoms with Crippen LogP contribution in [-0.2, 0) is 86.0 Å². The lowest BCUT2D eigenvalue weighted by atomic mass is 9.98. The fourth-order valence-corrected chi connectivity index (χ4v) is 7.93. The molecule has 0 bridgehead atoms. The highest BCUT2D eigenvalue weighted by Gasteiger charge is 2.42. The average molecular weight is 1150 g/mol. The van der Waals surface area contributed by atoms with Crippen LogP contribution in [0.5, 0.6) is 0 Å². The SMILES string of the molecule is CCC(C)C1OC(=O)C(C(C)C)NC(=O)C(C)OC(=O)C(C(C)C)NC(=O)C(C(C)CC)OC(=O)C(C(C)C)NC(=O)C(C)OC(=O)C(C(C)C)NC(=O)C(C(C)CC)OC(=O)C(C(C)C)NC(=O)C(C)OC(=O)C(C(C)C)NC1=O. The van der Waals surface area contributed by atoms with Crippen molar-refractivity contribution in [2.24, 2.45) is 53.3 Å². The number of hydrogen-bond donors (Lipinski definition) is 6. The molecule has 462 valence electrons. The van der Waals surface area contributed by atoms with Crippen LogP contribution in [0.4, 0.5) is 0 Å². The largest absolute Gasteiger partial charge is 0.451 e. The summed E-state index contributed by atoms with van der Waals surface area (Å²) in [7, 11) is 0. The van der Waals surface area contributed by atoms with Crippen LogP contribution in [0.25, 0.3) is 0 Å². The molecule has 1 fully saturated rings. The Kier molecular flexibility index (Phi) is 30.1. The Bertz CT molecular complexity index is 1940. The molecule has 1 aliphatic heterocycles. The molecule has 6 N–H and O–H groups in total. The van der Waals surface area contributed by atoms with Crippen LogP contribution in [0.15, 0.2) is 0 Å². The maximum absolute atomic E-state index is 14.1. The monoisotopic (exact) mass is 1150 g/mol. The van der Waals surface area contributed by atoms with E-state index in [-0.39, 0.29) is 0 Å². The van der Waals surface area contributed by atoms with Gasteiger partial charge in [0.05, 0.1) is 0 Å². The van der Waals surface area contributed by atoms with Crippen LogP contribution in [-0.4, -0.2) is 144 Å². The lowest BCUT2D eigenvalue weighted by Crippen LogP contribution is -2.56. The van der Waals surface area contributed by atoms with Gasteiger partial charge >= 0.3 is 35.8 Å². The van der Waals surface area contributed by atoms with Gasteiger partial charge in [-0.25, -0.2) is 28.8 Å². The molecule has 0 aliphatic carbocycles. The molecule has 1 heterocycles. The van der Waals surface area contributed by atoms with Gasteiger partial charge < -0.3 is 60.3 Å². The molecule has 0 radical (unpaired) electrons. The Morgan fingerprint density at radius 2 is 0.420 bits per heavy atom. The molecule has 1 rings (SSSR count). The standard InChI is InChI=1S/C57H96N6O18/c1-22-31(16)43-49(67)61-37(25(4)5)52(70)76-35(20)47(65)59-41(29(12)13)56(74)80-45(33(18)24-3)51(69)63-39(27(8)9)54(72)78-36(21)48(66)60-42(30(14)15)57(75)81-44(32(17)23-2)50(68)62-38(26(6)7)53(71)77-34(19)46(64)58-40(28(10)11)55(73)79-43/h25-45H,22-24H2,1-21H3,(H,58,64)(H,59,65)(H,60,66)(H,61,67)(H,62,68)(H,63,69). The van der Waals surface area contributed by atoms with E-state index in [1.54, 1.807) is 125 Å². The number of amides is 6. The summed E-state index contributed by atoms with van der Waals surface area (Å²) in [5.74, 6) is -17.5. The maximum atomic E-state index is 14.1. The topological polar surface area (TPSA) is 332 Å². The molecule has 1 aliphatic rings. The molecule has 15 unspecified atom stereocenters.